The Bertz CT molecular complexity index is 728. The van der Waals surface area contributed by atoms with Crippen molar-refractivity contribution in [3.05, 3.63) is 24.3 Å². The number of rotatable bonds is 6. The molecule has 0 bridgehead atoms. The van der Waals surface area contributed by atoms with Crippen molar-refractivity contribution in [1.82, 2.24) is 9.62 Å². The van der Waals surface area contributed by atoms with E-state index in [0.717, 1.165) is 38.9 Å². The lowest BCUT2D eigenvalue weighted by atomic mass is 10.1. The molecule has 0 amide bonds. The Balaban J connectivity index is 0.00000288. The predicted octanol–water partition coefficient (Wildman–Crippen LogP) is 0.909. The van der Waals surface area contributed by atoms with E-state index in [1.165, 1.54) is 24.3 Å². The van der Waals surface area contributed by atoms with Crippen molar-refractivity contribution in [3.8, 4) is 0 Å². The Labute approximate surface area is 150 Å². The van der Waals surface area contributed by atoms with Crippen LogP contribution in [-0.4, -0.2) is 47.4 Å². The average molecular weight is 398 g/mol. The number of benzene rings is 1. The standard InChI is InChI=1S/C14H23N3O4S2.ClH/c1-2-9-17-10-7-12(8-11-17)16-23(20,21)14-5-3-13(4-6-14)22(15,18)19;/h3-6,12,16H,2,7-11H2,1H3,(H2,15,18,19);1H. The molecule has 1 aliphatic rings. The maximum Gasteiger partial charge on any atom is 0.240 e. The van der Waals surface area contributed by atoms with Crippen molar-refractivity contribution in [2.24, 2.45) is 5.14 Å². The maximum atomic E-state index is 12.4. The third-order valence-electron chi connectivity index (χ3n) is 3.91. The lowest BCUT2D eigenvalue weighted by molar-refractivity contribution is 0.208. The van der Waals surface area contributed by atoms with Crippen LogP contribution in [0.2, 0.25) is 0 Å². The normalized spacial score (nSPS) is 17.4. The number of nitrogens with two attached hydrogens (primary N) is 1. The highest BCUT2D eigenvalue weighted by Crippen LogP contribution is 2.17. The van der Waals surface area contributed by atoms with E-state index in [4.69, 9.17) is 5.14 Å². The molecule has 0 saturated carbocycles. The van der Waals surface area contributed by atoms with E-state index in [0.29, 0.717) is 0 Å². The summed E-state index contributed by atoms with van der Waals surface area (Å²) in [6.07, 6.45) is 2.63. The van der Waals surface area contributed by atoms with Crippen LogP contribution in [0.5, 0.6) is 0 Å². The van der Waals surface area contributed by atoms with Gasteiger partial charge < -0.3 is 4.90 Å². The summed E-state index contributed by atoms with van der Waals surface area (Å²) in [4.78, 5) is 2.26. The van der Waals surface area contributed by atoms with Gasteiger partial charge in [-0.1, -0.05) is 6.92 Å². The highest BCUT2D eigenvalue weighted by atomic mass is 35.5. The van der Waals surface area contributed by atoms with E-state index in [2.05, 4.69) is 16.5 Å². The van der Waals surface area contributed by atoms with Gasteiger partial charge in [-0.2, -0.15) is 0 Å². The van der Waals surface area contributed by atoms with Crippen LogP contribution < -0.4 is 9.86 Å². The predicted molar refractivity (Wildman–Crippen MR) is 95.1 cm³/mol. The minimum absolute atomic E-state index is 0. The van der Waals surface area contributed by atoms with Crippen molar-refractivity contribution in [2.75, 3.05) is 19.6 Å². The lowest BCUT2D eigenvalue weighted by Crippen LogP contribution is -2.44. The van der Waals surface area contributed by atoms with Gasteiger partial charge in [0.2, 0.25) is 20.0 Å². The van der Waals surface area contributed by atoms with E-state index >= 15 is 0 Å². The third-order valence-corrected chi connectivity index (χ3v) is 6.38. The number of piperidine rings is 1. The SMILES string of the molecule is CCCN1CCC(NS(=O)(=O)c2ccc(S(N)(=O)=O)cc2)CC1.Cl. The number of halogens is 1. The Hall–Kier alpha value is -0.710. The van der Waals surface area contributed by atoms with Gasteiger partial charge >= 0.3 is 0 Å². The van der Waals surface area contributed by atoms with Crippen LogP contribution in [-0.2, 0) is 20.0 Å². The zero-order valence-electron chi connectivity index (χ0n) is 13.5. The molecule has 24 heavy (non-hydrogen) atoms. The summed E-state index contributed by atoms with van der Waals surface area (Å²) in [5.74, 6) is 0. The maximum absolute atomic E-state index is 12.4. The number of likely N-dealkylation sites (tertiary alicyclic amines) is 1. The van der Waals surface area contributed by atoms with E-state index < -0.39 is 20.0 Å². The first-order chi connectivity index (χ1) is 10.7. The molecule has 1 aromatic rings. The van der Waals surface area contributed by atoms with Crippen molar-refractivity contribution in [1.29, 1.82) is 0 Å². The zero-order chi connectivity index (χ0) is 17.1. The van der Waals surface area contributed by atoms with Gasteiger partial charge in [0.25, 0.3) is 0 Å². The molecule has 1 aliphatic heterocycles. The van der Waals surface area contributed by atoms with Crippen LogP contribution in [0.3, 0.4) is 0 Å². The second-order valence-corrected chi connectivity index (χ2v) is 9.03. The zero-order valence-corrected chi connectivity index (χ0v) is 16.0. The summed E-state index contributed by atoms with van der Waals surface area (Å²) in [6, 6.07) is 4.83. The molecule has 0 aliphatic carbocycles. The first kappa shape index (κ1) is 21.3. The van der Waals surface area contributed by atoms with Crippen molar-refractivity contribution < 1.29 is 16.8 Å². The minimum Gasteiger partial charge on any atom is -0.303 e. The second-order valence-electron chi connectivity index (χ2n) is 5.75. The molecule has 10 heteroatoms. The Morgan fingerprint density at radius 1 is 1.08 bits per heavy atom. The highest BCUT2D eigenvalue weighted by molar-refractivity contribution is 7.89. The average Bonchev–Trinajstić information content (AvgIpc) is 2.48. The number of nitrogens with one attached hydrogen (secondary N) is 1. The Morgan fingerprint density at radius 3 is 2.04 bits per heavy atom. The van der Waals surface area contributed by atoms with Gasteiger partial charge in [-0.3, -0.25) is 0 Å². The van der Waals surface area contributed by atoms with Crippen molar-refractivity contribution in [2.45, 2.75) is 42.0 Å². The first-order valence-electron chi connectivity index (χ1n) is 7.60. The van der Waals surface area contributed by atoms with Crippen molar-refractivity contribution >= 4 is 32.5 Å². The summed E-state index contributed by atoms with van der Waals surface area (Å²) in [5, 5.41) is 5.01. The number of nitrogens with zero attached hydrogens (tertiary/aromatic N) is 1. The quantitative estimate of drug-likeness (QED) is 0.741. The molecule has 0 radical (unpaired) electrons. The molecule has 1 saturated heterocycles. The van der Waals surface area contributed by atoms with Crippen LogP contribution in [0.25, 0.3) is 0 Å². The van der Waals surface area contributed by atoms with Crippen LogP contribution in [0.15, 0.2) is 34.1 Å². The summed E-state index contributed by atoms with van der Waals surface area (Å²) in [5.41, 5.74) is 0. The number of hydrogen-bond donors (Lipinski definition) is 2. The van der Waals surface area contributed by atoms with Gasteiger partial charge in [0.15, 0.2) is 0 Å². The molecular weight excluding hydrogens is 374 g/mol. The monoisotopic (exact) mass is 397 g/mol. The van der Waals surface area contributed by atoms with E-state index in [1.54, 1.807) is 0 Å². The van der Waals surface area contributed by atoms with Crippen molar-refractivity contribution in [3.63, 3.8) is 0 Å². The molecule has 0 atom stereocenters. The van der Waals surface area contributed by atoms with Gasteiger partial charge in [0, 0.05) is 6.04 Å². The number of hydrogen-bond acceptors (Lipinski definition) is 5. The summed E-state index contributed by atoms with van der Waals surface area (Å²) < 4.78 is 49.8. The molecule has 138 valence electrons. The molecular formula is C14H24ClN3O4S2. The topological polar surface area (TPSA) is 110 Å². The molecule has 2 rings (SSSR count). The van der Waals surface area contributed by atoms with Crippen LogP contribution >= 0.6 is 12.4 Å². The molecule has 0 spiro atoms. The molecule has 3 N–H and O–H groups in total. The second kappa shape index (κ2) is 8.59. The van der Waals surface area contributed by atoms with Gasteiger partial charge in [0.05, 0.1) is 9.79 Å². The van der Waals surface area contributed by atoms with Gasteiger partial charge in [-0.15, -0.1) is 12.4 Å². The molecule has 1 fully saturated rings. The molecule has 7 nitrogen and oxygen atoms in total. The largest absolute Gasteiger partial charge is 0.303 e. The Kier molecular flexibility index (Phi) is 7.64. The van der Waals surface area contributed by atoms with E-state index in [-0.39, 0.29) is 28.2 Å². The molecule has 1 heterocycles. The number of primary sulfonamides is 1. The van der Waals surface area contributed by atoms with E-state index in [9.17, 15) is 16.8 Å². The van der Waals surface area contributed by atoms with Crippen LogP contribution in [0, 0.1) is 0 Å². The minimum atomic E-state index is -3.82. The molecule has 1 aromatic carbocycles. The third kappa shape index (κ3) is 5.68. The number of sulfonamides is 2. The van der Waals surface area contributed by atoms with Crippen LogP contribution in [0.4, 0.5) is 0 Å². The summed E-state index contributed by atoms with van der Waals surface area (Å²) >= 11 is 0. The summed E-state index contributed by atoms with van der Waals surface area (Å²) in [6.45, 7) is 4.92. The van der Waals surface area contributed by atoms with Gasteiger partial charge in [0.1, 0.15) is 0 Å². The lowest BCUT2D eigenvalue weighted by Gasteiger charge is -2.31. The van der Waals surface area contributed by atoms with E-state index in [1.807, 2.05) is 0 Å². The van der Waals surface area contributed by atoms with Gasteiger partial charge in [-0.25, -0.2) is 26.7 Å². The fraction of sp³-hybridized carbons (Fsp3) is 0.571. The Morgan fingerprint density at radius 2 is 1.58 bits per heavy atom. The summed E-state index contributed by atoms with van der Waals surface area (Å²) in [7, 11) is -7.48. The fourth-order valence-electron chi connectivity index (χ4n) is 2.69. The molecule has 0 unspecified atom stereocenters. The molecule has 0 aromatic heterocycles. The van der Waals surface area contributed by atoms with Crippen LogP contribution in [0.1, 0.15) is 26.2 Å². The highest BCUT2D eigenvalue weighted by Gasteiger charge is 2.24. The first-order valence-corrected chi connectivity index (χ1v) is 10.6. The van der Waals surface area contributed by atoms with Gasteiger partial charge in [-0.05, 0) is 63.2 Å². The smallest absolute Gasteiger partial charge is 0.240 e. The fourth-order valence-corrected chi connectivity index (χ4v) is 4.51.